The van der Waals surface area contributed by atoms with Crippen molar-refractivity contribution in [1.82, 2.24) is 19.9 Å². The number of carbonyl (C=O) groups excluding carboxylic acids is 4. The second-order valence-electron chi connectivity index (χ2n) is 11.0. The van der Waals surface area contributed by atoms with Gasteiger partial charge in [-0.15, -0.1) is 0 Å². The fourth-order valence-electron chi connectivity index (χ4n) is 5.39. The Morgan fingerprint density at radius 1 is 1.17 bits per heavy atom. The summed E-state index contributed by atoms with van der Waals surface area (Å²) in [5.41, 5.74) is 0.997. The van der Waals surface area contributed by atoms with Crippen LogP contribution < -0.4 is 5.32 Å². The Bertz CT molecular complexity index is 1210. The topological polar surface area (TPSA) is 124 Å². The monoisotopic (exact) mass is 498 g/mol. The van der Waals surface area contributed by atoms with Gasteiger partial charge < -0.3 is 14.6 Å². The third-order valence-corrected chi connectivity index (χ3v) is 7.54. The summed E-state index contributed by atoms with van der Waals surface area (Å²) < 4.78 is 12.1. The van der Waals surface area contributed by atoms with Crippen LogP contribution in [-0.2, 0) is 14.3 Å². The van der Waals surface area contributed by atoms with Crippen LogP contribution in [-0.4, -0.2) is 57.0 Å². The van der Waals surface area contributed by atoms with E-state index < -0.39 is 42.4 Å². The molecular formula is C26H34N4O6. The number of carbonyl (C=O) groups is 4. The quantitative estimate of drug-likeness (QED) is 0.366. The van der Waals surface area contributed by atoms with Crippen LogP contribution in [0.25, 0.3) is 5.82 Å². The van der Waals surface area contributed by atoms with Crippen LogP contribution >= 0.6 is 0 Å². The van der Waals surface area contributed by atoms with Gasteiger partial charge in [-0.05, 0) is 63.9 Å². The molecule has 4 rings (SSSR count). The molecule has 0 unspecified atom stereocenters. The molecule has 2 aromatic heterocycles. The molecule has 0 bridgehead atoms. The van der Waals surface area contributed by atoms with Crippen LogP contribution in [0.1, 0.15) is 74.0 Å². The highest BCUT2D eigenvalue weighted by molar-refractivity contribution is 6.09. The summed E-state index contributed by atoms with van der Waals surface area (Å²) in [7, 11) is 0. The lowest BCUT2D eigenvalue weighted by atomic mass is 9.67. The zero-order valence-electron chi connectivity index (χ0n) is 21.8. The fourth-order valence-corrected chi connectivity index (χ4v) is 5.39. The highest BCUT2D eigenvalue weighted by Crippen LogP contribution is 2.43. The highest BCUT2D eigenvalue weighted by atomic mass is 16.5. The number of hydrogen-bond acceptors (Lipinski definition) is 7. The summed E-state index contributed by atoms with van der Waals surface area (Å²) in [5.74, 6) is 0.0689. The van der Waals surface area contributed by atoms with Crippen LogP contribution in [0.5, 0.6) is 0 Å². The maximum absolute atomic E-state index is 13.1. The van der Waals surface area contributed by atoms with Gasteiger partial charge in [0.25, 0.3) is 5.91 Å². The number of urea groups is 1. The number of nitrogens with zero attached hydrogens (tertiary/aromatic N) is 3. The number of Topliss-reactive ketones (excluding diaryl/α,β-unsaturated/α-hetero) is 1. The molecule has 1 aliphatic carbocycles. The standard InChI is InChI=1S/C26H34N4O6/c1-15-11-19(17(3)30(15)21-12-16(2)36-28-21)20(31)14-35-22(32)13-29-23(33)26(27-24(29)34)9-7-18(8-10-26)25(4,5)6/h11-12,18H,7-10,13-14H2,1-6H3,(H,27,34). The van der Waals surface area contributed by atoms with Gasteiger partial charge in [0.05, 0.1) is 0 Å². The van der Waals surface area contributed by atoms with E-state index in [1.807, 2.05) is 6.92 Å². The first-order chi connectivity index (χ1) is 16.8. The SMILES string of the molecule is Cc1cc(-n2c(C)cc(C(=O)COC(=O)CN3C(=O)NC4(CCC(C(C)(C)C)CC4)C3=O)c2C)no1. The lowest BCUT2D eigenvalue weighted by Crippen LogP contribution is -2.50. The number of hydrogen-bond donors (Lipinski definition) is 1. The summed E-state index contributed by atoms with van der Waals surface area (Å²) in [6.07, 6.45) is 2.75. The molecule has 10 nitrogen and oxygen atoms in total. The predicted molar refractivity (Wildman–Crippen MR) is 130 cm³/mol. The van der Waals surface area contributed by atoms with Crippen molar-refractivity contribution >= 4 is 23.7 Å². The molecule has 194 valence electrons. The average molecular weight is 499 g/mol. The van der Waals surface area contributed by atoms with E-state index in [0.717, 1.165) is 23.4 Å². The number of amides is 3. The van der Waals surface area contributed by atoms with E-state index in [1.165, 1.54) is 0 Å². The largest absolute Gasteiger partial charge is 0.456 e. The minimum Gasteiger partial charge on any atom is -0.456 e. The lowest BCUT2D eigenvalue weighted by molar-refractivity contribution is -0.147. The van der Waals surface area contributed by atoms with E-state index in [1.54, 1.807) is 30.5 Å². The maximum Gasteiger partial charge on any atom is 0.326 e. The first-order valence-corrected chi connectivity index (χ1v) is 12.3. The normalized spacial score (nSPS) is 22.3. The maximum atomic E-state index is 13.1. The number of imide groups is 1. The van der Waals surface area contributed by atoms with Gasteiger partial charge in [-0.25, -0.2) is 4.79 Å². The number of ether oxygens (including phenoxy) is 1. The number of esters is 1. The van der Waals surface area contributed by atoms with Crippen LogP contribution in [0.3, 0.4) is 0 Å². The van der Waals surface area contributed by atoms with Gasteiger partial charge in [0.2, 0.25) is 5.78 Å². The van der Waals surface area contributed by atoms with Crippen molar-refractivity contribution in [2.24, 2.45) is 11.3 Å². The molecule has 1 N–H and O–H groups in total. The molecular weight excluding hydrogens is 464 g/mol. The van der Waals surface area contributed by atoms with E-state index in [9.17, 15) is 19.2 Å². The molecule has 1 spiro atoms. The van der Waals surface area contributed by atoms with Crippen molar-refractivity contribution in [3.63, 3.8) is 0 Å². The van der Waals surface area contributed by atoms with Crippen LogP contribution in [0, 0.1) is 32.1 Å². The molecule has 0 atom stereocenters. The van der Waals surface area contributed by atoms with Gasteiger partial charge in [-0.3, -0.25) is 23.9 Å². The molecule has 3 heterocycles. The molecule has 2 aromatic rings. The van der Waals surface area contributed by atoms with Gasteiger partial charge in [0.1, 0.15) is 17.8 Å². The Morgan fingerprint density at radius 3 is 2.42 bits per heavy atom. The molecule has 1 aliphatic heterocycles. The highest BCUT2D eigenvalue weighted by Gasteiger charge is 2.53. The fraction of sp³-hybridized carbons (Fsp3) is 0.577. The van der Waals surface area contributed by atoms with Crippen LogP contribution in [0.15, 0.2) is 16.7 Å². The molecule has 0 aromatic carbocycles. The molecule has 1 saturated carbocycles. The van der Waals surface area contributed by atoms with Gasteiger partial charge in [-0.1, -0.05) is 25.9 Å². The number of rotatable bonds is 6. The molecule has 2 aliphatic rings. The minimum atomic E-state index is -0.952. The number of ketones is 1. The zero-order chi connectivity index (χ0) is 26.4. The predicted octanol–water partition coefficient (Wildman–Crippen LogP) is 3.64. The second kappa shape index (κ2) is 9.22. The Labute approximate surface area is 210 Å². The van der Waals surface area contributed by atoms with Crippen molar-refractivity contribution in [2.75, 3.05) is 13.2 Å². The third kappa shape index (κ3) is 4.68. The molecule has 10 heteroatoms. The summed E-state index contributed by atoms with van der Waals surface area (Å²) in [4.78, 5) is 51.9. The van der Waals surface area contributed by atoms with Crippen LogP contribution in [0.2, 0.25) is 0 Å². The number of nitrogens with one attached hydrogen (secondary N) is 1. The van der Waals surface area contributed by atoms with Gasteiger partial charge in [-0.2, -0.15) is 0 Å². The average Bonchev–Trinajstić information content (AvgIpc) is 3.42. The number of aryl methyl sites for hydroxylation is 2. The summed E-state index contributed by atoms with van der Waals surface area (Å²) in [6.45, 7) is 10.9. The Hall–Kier alpha value is -3.43. The molecule has 3 amide bonds. The molecule has 36 heavy (non-hydrogen) atoms. The first kappa shape index (κ1) is 25.7. The van der Waals surface area contributed by atoms with Crippen molar-refractivity contribution < 1.29 is 28.4 Å². The van der Waals surface area contributed by atoms with E-state index >= 15 is 0 Å². The van der Waals surface area contributed by atoms with Gasteiger partial charge in [0, 0.05) is 23.0 Å². The minimum absolute atomic E-state index is 0.134. The molecule has 1 saturated heterocycles. The van der Waals surface area contributed by atoms with Crippen molar-refractivity contribution in [2.45, 2.75) is 72.8 Å². The van der Waals surface area contributed by atoms with Gasteiger partial charge >= 0.3 is 12.0 Å². The van der Waals surface area contributed by atoms with E-state index in [2.05, 4.69) is 31.2 Å². The van der Waals surface area contributed by atoms with E-state index in [0.29, 0.717) is 41.6 Å². The third-order valence-electron chi connectivity index (χ3n) is 7.54. The van der Waals surface area contributed by atoms with Gasteiger partial charge in [0.15, 0.2) is 12.4 Å². The molecule has 2 fully saturated rings. The lowest BCUT2D eigenvalue weighted by Gasteiger charge is -2.40. The second-order valence-corrected chi connectivity index (χ2v) is 11.0. The zero-order valence-corrected chi connectivity index (χ0v) is 21.8. The smallest absolute Gasteiger partial charge is 0.326 e. The summed E-state index contributed by atoms with van der Waals surface area (Å²) >= 11 is 0. The molecule has 0 radical (unpaired) electrons. The number of aromatic nitrogens is 2. The Balaban J connectivity index is 1.35. The summed E-state index contributed by atoms with van der Waals surface area (Å²) in [6, 6.07) is 2.86. The Kier molecular flexibility index (Phi) is 6.57. The van der Waals surface area contributed by atoms with Crippen molar-refractivity contribution in [1.29, 1.82) is 0 Å². The van der Waals surface area contributed by atoms with Crippen molar-refractivity contribution in [3.05, 3.63) is 34.8 Å². The van der Waals surface area contributed by atoms with Crippen LogP contribution in [0.4, 0.5) is 4.79 Å². The van der Waals surface area contributed by atoms with E-state index in [-0.39, 0.29) is 5.41 Å². The Morgan fingerprint density at radius 2 is 1.83 bits per heavy atom. The van der Waals surface area contributed by atoms with E-state index in [4.69, 9.17) is 9.26 Å². The van der Waals surface area contributed by atoms with Crippen molar-refractivity contribution in [3.8, 4) is 5.82 Å². The first-order valence-electron chi connectivity index (χ1n) is 12.3. The summed E-state index contributed by atoms with van der Waals surface area (Å²) in [5, 5.41) is 6.81.